The minimum Gasteiger partial charge on any atom is -0.465 e. The number of halogens is 1. The van der Waals surface area contributed by atoms with E-state index in [4.69, 9.17) is 4.74 Å². The highest BCUT2D eigenvalue weighted by molar-refractivity contribution is 9.09. The monoisotopic (exact) mass is 446 g/mol. The van der Waals surface area contributed by atoms with Gasteiger partial charge in [-0.05, 0) is 25.7 Å². The maximum atomic E-state index is 12.5. The molecule has 0 aliphatic heterocycles. The van der Waals surface area contributed by atoms with Crippen LogP contribution in [0, 0.1) is 5.92 Å². The third-order valence-corrected chi connectivity index (χ3v) is 5.98. The van der Waals surface area contributed by atoms with Crippen molar-refractivity contribution >= 4 is 21.9 Å². The normalized spacial score (nSPS) is 12.3. The second-order valence-corrected chi connectivity index (χ2v) is 8.87. The molecule has 0 fully saturated rings. The fourth-order valence-electron chi connectivity index (χ4n) is 3.56. The third kappa shape index (κ3) is 19.1. The van der Waals surface area contributed by atoms with Crippen LogP contribution in [0.15, 0.2) is 0 Å². The summed E-state index contributed by atoms with van der Waals surface area (Å²) in [6.45, 7) is 5.13. The number of esters is 1. The molecule has 0 N–H and O–H groups in total. The van der Waals surface area contributed by atoms with E-state index in [9.17, 15) is 4.79 Å². The molecule has 0 heterocycles. The third-order valence-electron chi connectivity index (χ3n) is 5.42. The van der Waals surface area contributed by atoms with Gasteiger partial charge in [0.15, 0.2) is 0 Å². The summed E-state index contributed by atoms with van der Waals surface area (Å²) >= 11 is 3.46. The molecule has 0 bridgehead atoms. The van der Waals surface area contributed by atoms with E-state index >= 15 is 0 Å². The molecule has 27 heavy (non-hydrogen) atoms. The standard InChI is InChI=1S/C24H47BrO2/c1-3-5-7-9-10-12-16-20-23(19-15-11-8-6-4-2)24(26)27-22-18-14-13-17-21-25/h23H,3-22H2,1-2H3. The van der Waals surface area contributed by atoms with Crippen LogP contribution in [0.2, 0.25) is 0 Å². The molecule has 1 unspecified atom stereocenters. The molecule has 2 nitrogen and oxygen atoms in total. The zero-order valence-corrected chi connectivity index (χ0v) is 20.0. The maximum absolute atomic E-state index is 12.5. The van der Waals surface area contributed by atoms with Gasteiger partial charge in [-0.15, -0.1) is 0 Å². The number of hydrogen-bond acceptors (Lipinski definition) is 2. The first-order chi connectivity index (χ1) is 13.3. The van der Waals surface area contributed by atoms with Crippen LogP contribution in [0.4, 0.5) is 0 Å². The van der Waals surface area contributed by atoms with Gasteiger partial charge in [-0.25, -0.2) is 0 Å². The van der Waals surface area contributed by atoms with E-state index in [-0.39, 0.29) is 11.9 Å². The quantitative estimate of drug-likeness (QED) is 0.100. The smallest absolute Gasteiger partial charge is 0.308 e. The Morgan fingerprint density at radius 2 is 1.11 bits per heavy atom. The summed E-state index contributed by atoms with van der Waals surface area (Å²) in [6.07, 6.45) is 22.2. The average Bonchev–Trinajstić information content (AvgIpc) is 2.68. The van der Waals surface area contributed by atoms with Crippen LogP contribution in [-0.4, -0.2) is 17.9 Å². The minimum absolute atomic E-state index is 0.0805. The highest BCUT2D eigenvalue weighted by atomic mass is 79.9. The highest BCUT2D eigenvalue weighted by Crippen LogP contribution is 2.21. The second kappa shape index (κ2) is 22.2. The first-order valence-corrected chi connectivity index (χ1v) is 13.1. The topological polar surface area (TPSA) is 26.3 Å². The highest BCUT2D eigenvalue weighted by Gasteiger charge is 2.19. The molecule has 0 aromatic carbocycles. The minimum atomic E-state index is 0.0805. The van der Waals surface area contributed by atoms with E-state index in [0.29, 0.717) is 6.61 Å². The molecule has 162 valence electrons. The van der Waals surface area contributed by atoms with E-state index in [2.05, 4.69) is 29.8 Å². The van der Waals surface area contributed by atoms with Gasteiger partial charge in [-0.2, -0.15) is 0 Å². The zero-order valence-electron chi connectivity index (χ0n) is 18.4. The fourth-order valence-corrected chi connectivity index (χ4v) is 3.96. The van der Waals surface area contributed by atoms with Crippen LogP contribution in [0.1, 0.15) is 129 Å². The molecule has 0 aromatic heterocycles. The van der Waals surface area contributed by atoms with Crippen LogP contribution >= 0.6 is 15.9 Å². The van der Waals surface area contributed by atoms with Crippen LogP contribution in [0.3, 0.4) is 0 Å². The molecule has 0 saturated heterocycles. The summed E-state index contributed by atoms with van der Waals surface area (Å²) in [5.41, 5.74) is 0. The van der Waals surface area contributed by atoms with Gasteiger partial charge in [0, 0.05) is 5.33 Å². The van der Waals surface area contributed by atoms with E-state index in [0.717, 1.165) is 24.6 Å². The number of rotatable bonds is 21. The average molecular weight is 448 g/mol. The first-order valence-electron chi connectivity index (χ1n) is 12.0. The fraction of sp³-hybridized carbons (Fsp3) is 0.958. The van der Waals surface area contributed by atoms with Crippen LogP contribution in [-0.2, 0) is 9.53 Å². The molecular formula is C24H47BrO2. The summed E-state index contributed by atoms with van der Waals surface area (Å²) in [4.78, 5) is 12.5. The van der Waals surface area contributed by atoms with Gasteiger partial charge >= 0.3 is 5.97 Å². The first kappa shape index (κ1) is 27.0. The molecule has 0 rings (SSSR count). The lowest BCUT2D eigenvalue weighted by Crippen LogP contribution is -2.18. The lowest BCUT2D eigenvalue weighted by atomic mass is 9.94. The van der Waals surface area contributed by atoms with Crippen LogP contribution < -0.4 is 0 Å². The van der Waals surface area contributed by atoms with Crippen LogP contribution in [0.5, 0.6) is 0 Å². The van der Waals surface area contributed by atoms with E-state index in [1.165, 1.54) is 96.3 Å². The Morgan fingerprint density at radius 3 is 1.63 bits per heavy atom. The van der Waals surface area contributed by atoms with Crippen LogP contribution in [0.25, 0.3) is 0 Å². The van der Waals surface area contributed by atoms with Crippen molar-refractivity contribution in [3.63, 3.8) is 0 Å². The molecule has 1 atom stereocenters. The Morgan fingerprint density at radius 1 is 0.667 bits per heavy atom. The molecule has 0 spiro atoms. The molecule has 0 saturated carbocycles. The summed E-state index contributed by atoms with van der Waals surface area (Å²) < 4.78 is 5.62. The van der Waals surface area contributed by atoms with Gasteiger partial charge in [0.25, 0.3) is 0 Å². The molecular weight excluding hydrogens is 400 g/mol. The van der Waals surface area contributed by atoms with E-state index in [1.807, 2.05) is 0 Å². The van der Waals surface area contributed by atoms with E-state index in [1.54, 1.807) is 0 Å². The maximum Gasteiger partial charge on any atom is 0.308 e. The van der Waals surface area contributed by atoms with Gasteiger partial charge in [0.05, 0.1) is 12.5 Å². The molecule has 0 aliphatic carbocycles. The summed E-state index contributed by atoms with van der Waals surface area (Å²) in [7, 11) is 0. The number of unbranched alkanes of at least 4 members (excludes halogenated alkanes) is 13. The van der Waals surface area contributed by atoms with Gasteiger partial charge < -0.3 is 4.74 Å². The Labute approximate surface area is 178 Å². The van der Waals surface area contributed by atoms with Crippen molar-refractivity contribution in [3.05, 3.63) is 0 Å². The predicted octanol–water partition coefficient (Wildman–Crippen LogP) is 8.60. The molecule has 0 aliphatic rings. The number of hydrogen-bond donors (Lipinski definition) is 0. The molecule has 0 radical (unpaired) electrons. The van der Waals surface area contributed by atoms with Crippen molar-refractivity contribution in [1.29, 1.82) is 0 Å². The van der Waals surface area contributed by atoms with Gasteiger partial charge in [0.1, 0.15) is 0 Å². The Kier molecular flexibility index (Phi) is 22.2. The lowest BCUT2D eigenvalue weighted by molar-refractivity contribution is -0.149. The van der Waals surface area contributed by atoms with Gasteiger partial charge in [0.2, 0.25) is 0 Å². The molecule has 0 amide bonds. The second-order valence-electron chi connectivity index (χ2n) is 8.08. The Bertz CT molecular complexity index is 307. The largest absolute Gasteiger partial charge is 0.465 e. The van der Waals surface area contributed by atoms with Crippen molar-refractivity contribution in [2.45, 2.75) is 129 Å². The number of ether oxygens (including phenoxy) is 1. The zero-order chi connectivity index (χ0) is 20.0. The van der Waals surface area contributed by atoms with Crippen molar-refractivity contribution in [2.75, 3.05) is 11.9 Å². The SMILES string of the molecule is CCCCCCCCCC(CCCCCCC)C(=O)OCCCCCCBr. The summed E-state index contributed by atoms with van der Waals surface area (Å²) in [5, 5.41) is 1.07. The number of carbonyl (C=O) groups is 1. The van der Waals surface area contributed by atoms with E-state index < -0.39 is 0 Å². The van der Waals surface area contributed by atoms with Crippen molar-refractivity contribution in [1.82, 2.24) is 0 Å². The molecule has 0 aromatic rings. The summed E-state index contributed by atoms with van der Waals surface area (Å²) in [6, 6.07) is 0. The van der Waals surface area contributed by atoms with Crippen molar-refractivity contribution in [2.24, 2.45) is 5.92 Å². The van der Waals surface area contributed by atoms with Gasteiger partial charge in [-0.1, -0.05) is 120 Å². The predicted molar refractivity (Wildman–Crippen MR) is 123 cm³/mol. The number of carbonyl (C=O) groups excluding carboxylic acids is 1. The van der Waals surface area contributed by atoms with Gasteiger partial charge in [-0.3, -0.25) is 4.79 Å². The molecule has 3 heteroatoms. The van der Waals surface area contributed by atoms with Crippen molar-refractivity contribution < 1.29 is 9.53 Å². The lowest BCUT2D eigenvalue weighted by Gasteiger charge is -2.16. The number of alkyl halides is 1. The Balaban J connectivity index is 4.00. The Hall–Kier alpha value is -0.0500. The summed E-state index contributed by atoms with van der Waals surface area (Å²) in [5.74, 6) is 0.224. The van der Waals surface area contributed by atoms with Crippen molar-refractivity contribution in [3.8, 4) is 0 Å².